The van der Waals surface area contributed by atoms with Crippen LogP contribution in [0.25, 0.3) is 0 Å². The first-order valence-electron chi connectivity index (χ1n) is 6.11. The van der Waals surface area contributed by atoms with Crippen LogP contribution in [0, 0.1) is 6.92 Å². The van der Waals surface area contributed by atoms with Gasteiger partial charge in [-0.1, -0.05) is 19.9 Å². The maximum atomic E-state index is 9.03. The van der Waals surface area contributed by atoms with Crippen molar-refractivity contribution in [1.29, 1.82) is 0 Å². The average molecular weight is 254 g/mol. The summed E-state index contributed by atoms with van der Waals surface area (Å²) >= 11 is 1.63. The second-order valence-corrected chi connectivity index (χ2v) is 5.68. The predicted molar refractivity (Wildman–Crippen MR) is 73.4 cm³/mol. The average Bonchev–Trinajstić information content (AvgIpc) is 2.32. The van der Waals surface area contributed by atoms with Gasteiger partial charge in [0.2, 0.25) is 0 Å². The van der Waals surface area contributed by atoms with Crippen LogP contribution in [0.3, 0.4) is 0 Å². The molecule has 1 aromatic heterocycles. The van der Waals surface area contributed by atoms with E-state index in [1.165, 1.54) is 11.1 Å². The minimum absolute atomic E-state index is 0.186. The Bertz CT molecular complexity index is 344. The number of aliphatic hydroxyl groups excluding tert-OH is 1. The number of hydrogen-bond acceptors (Lipinski definition) is 4. The van der Waals surface area contributed by atoms with Gasteiger partial charge in [0.1, 0.15) is 0 Å². The molecule has 0 radical (unpaired) electrons. The molecule has 4 heteroatoms. The first kappa shape index (κ1) is 14.5. The molecule has 0 spiro atoms. The fraction of sp³-hybridized carbons (Fsp3) is 0.615. The lowest BCUT2D eigenvalue weighted by Crippen LogP contribution is -2.14. The summed E-state index contributed by atoms with van der Waals surface area (Å²) in [6.07, 6.45) is 3.07. The Balaban J connectivity index is 2.59. The molecule has 1 rings (SSSR count). The summed E-state index contributed by atoms with van der Waals surface area (Å²) in [6, 6.07) is 2.17. The van der Waals surface area contributed by atoms with Gasteiger partial charge < -0.3 is 10.4 Å². The number of pyridine rings is 1. The zero-order valence-corrected chi connectivity index (χ0v) is 11.7. The highest BCUT2D eigenvalue weighted by Gasteiger charge is 2.07. The molecule has 1 atom stereocenters. The van der Waals surface area contributed by atoms with E-state index < -0.39 is 0 Å². The molecule has 3 nitrogen and oxygen atoms in total. The van der Waals surface area contributed by atoms with E-state index in [4.69, 9.17) is 5.11 Å². The number of rotatable bonds is 7. The van der Waals surface area contributed by atoms with Gasteiger partial charge in [-0.3, -0.25) is 0 Å². The molecule has 0 aromatic carbocycles. The van der Waals surface area contributed by atoms with Crippen LogP contribution >= 0.6 is 11.8 Å². The zero-order valence-electron chi connectivity index (χ0n) is 10.9. The predicted octanol–water partition coefficient (Wildman–Crippen LogP) is 2.36. The number of aliphatic hydroxyl groups is 1. The van der Waals surface area contributed by atoms with Crippen LogP contribution in [0.5, 0.6) is 0 Å². The molecule has 1 unspecified atom stereocenters. The van der Waals surface area contributed by atoms with E-state index in [0.717, 1.165) is 24.5 Å². The van der Waals surface area contributed by atoms with Crippen LogP contribution in [-0.2, 0) is 6.54 Å². The van der Waals surface area contributed by atoms with Crippen molar-refractivity contribution >= 4 is 11.8 Å². The monoisotopic (exact) mass is 254 g/mol. The Kier molecular flexibility index (Phi) is 6.55. The maximum Gasteiger partial charge on any atom is 0.0992 e. The summed E-state index contributed by atoms with van der Waals surface area (Å²) in [4.78, 5) is 4.46. The Morgan fingerprint density at radius 3 is 2.88 bits per heavy atom. The fourth-order valence-electron chi connectivity index (χ4n) is 1.48. The molecule has 1 heterocycles. The molecule has 2 N–H and O–H groups in total. The van der Waals surface area contributed by atoms with Crippen LogP contribution in [0.4, 0.5) is 0 Å². The molecule has 1 aromatic rings. The van der Waals surface area contributed by atoms with Crippen molar-refractivity contribution in [2.45, 2.75) is 44.0 Å². The highest BCUT2D eigenvalue weighted by atomic mass is 32.2. The van der Waals surface area contributed by atoms with Crippen molar-refractivity contribution in [3.8, 4) is 0 Å². The Hall–Kier alpha value is -0.580. The van der Waals surface area contributed by atoms with E-state index >= 15 is 0 Å². The quantitative estimate of drug-likeness (QED) is 0.579. The zero-order chi connectivity index (χ0) is 12.7. The van der Waals surface area contributed by atoms with Crippen LogP contribution < -0.4 is 5.32 Å². The van der Waals surface area contributed by atoms with Crippen LogP contribution in [-0.4, -0.2) is 28.5 Å². The minimum Gasteiger partial charge on any atom is -0.395 e. The van der Waals surface area contributed by atoms with Crippen LogP contribution in [0.15, 0.2) is 17.3 Å². The molecule has 17 heavy (non-hydrogen) atoms. The van der Waals surface area contributed by atoms with Gasteiger partial charge in [-0.15, -0.1) is 11.8 Å². The highest BCUT2D eigenvalue weighted by molar-refractivity contribution is 7.99. The maximum absolute atomic E-state index is 9.03. The van der Waals surface area contributed by atoms with Gasteiger partial charge in [0.15, 0.2) is 0 Å². The Morgan fingerprint density at radius 2 is 2.29 bits per heavy atom. The molecule has 96 valence electrons. The van der Waals surface area contributed by atoms with Crippen molar-refractivity contribution in [3.63, 3.8) is 0 Å². The Morgan fingerprint density at radius 1 is 1.53 bits per heavy atom. The molecule has 0 aliphatic heterocycles. The normalized spacial score (nSPS) is 12.7. The fourth-order valence-corrected chi connectivity index (χ4v) is 2.29. The third kappa shape index (κ3) is 5.06. The molecule has 0 amide bonds. The Labute approximate surface area is 108 Å². The lowest BCUT2D eigenvalue weighted by Gasteiger charge is -2.11. The molecular formula is C13H22N2OS. The van der Waals surface area contributed by atoms with E-state index in [1.54, 1.807) is 11.8 Å². The lowest BCUT2D eigenvalue weighted by atomic mass is 10.2. The molecule has 0 aliphatic rings. The number of aryl methyl sites for hydroxylation is 1. The van der Waals surface area contributed by atoms with Gasteiger partial charge in [0, 0.05) is 18.0 Å². The lowest BCUT2D eigenvalue weighted by molar-refractivity contribution is 0.300. The van der Waals surface area contributed by atoms with Gasteiger partial charge in [0.25, 0.3) is 0 Å². The van der Waals surface area contributed by atoms with Gasteiger partial charge in [-0.25, -0.2) is 4.98 Å². The highest BCUT2D eigenvalue weighted by Crippen LogP contribution is 2.24. The largest absolute Gasteiger partial charge is 0.395 e. The van der Waals surface area contributed by atoms with E-state index in [0.29, 0.717) is 0 Å². The topological polar surface area (TPSA) is 45.2 Å². The minimum atomic E-state index is 0.186. The molecule has 0 bridgehead atoms. The van der Waals surface area contributed by atoms with Gasteiger partial charge in [-0.05, 0) is 31.0 Å². The number of hydrogen-bond donors (Lipinski definition) is 2. The molecule has 0 saturated carbocycles. The molecular weight excluding hydrogens is 232 g/mol. The van der Waals surface area contributed by atoms with Gasteiger partial charge >= 0.3 is 0 Å². The van der Waals surface area contributed by atoms with Crippen molar-refractivity contribution in [2.75, 3.05) is 13.2 Å². The standard InChI is InChI=1S/C13H22N2OS/c1-4-5-14-7-12-6-10(2)13(15-8-12)17-11(3)9-16/h6,8,11,14,16H,4-5,7,9H2,1-3H3. The smallest absolute Gasteiger partial charge is 0.0992 e. The summed E-state index contributed by atoms with van der Waals surface area (Å²) in [5.41, 5.74) is 2.41. The molecule has 0 fully saturated rings. The first-order chi connectivity index (χ1) is 8.17. The van der Waals surface area contributed by atoms with E-state index in [1.807, 2.05) is 13.1 Å². The van der Waals surface area contributed by atoms with E-state index in [2.05, 4.69) is 30.2 Å². The summed E-state index contributed by atoms with van der Waals surface area (Å²) in [5.74, 6) is 0. The third-order valence-corrected chi connectivity index (χ3v) is 3.61. The summed E-state index contributed by atoms with van der Waals surface area (Å²) in [6.45, 7) is 8.34. The van der Waals surface area contributed by atoms with E-state index in [9.17, 15) is 0 Å². The number of aromatic nitrogens is 1. The molecule has 0 saturated heterocycles. The second kappa shape index (κ2) is 7.69. The first-order valence-corrected chi connectivity index (χ1v) is 6.99. The van der Waals surface area contributed by atoms with Gasteiger partial charge in [-0.2, -0.15) is 0 Å². The van der Waals surface area contributed by atoms with Crippen LogP contribution in [0.2, 0.25) is 0 Å². The number of nitrogens with zero attached hydrogens (tertiary/aromatic N) is 1. The number of nitrogens with one attached hydrogen (secondary N) is 1. The summed E-state index contributed by atoms with van der Waals surface area (Å²) < 4.78 is 0. The second-order valence-electron chi connectivity index (χ2n) is 4.25. The summed E-state index contributed by atoms with van der Waals surface area (Å²) in [5, 5.41) is 13.6. The van der Waals surface area contributed by atoms with Crippen molar-refractivity contribution in [3.05, 3.63) is 23.4 Å². The number of thioether (sulfide) groups is 1. The van der Waals surface area contributed by atoms with Crippen LogP contribution in [0.1, 0.15) is 31.4 Å². The van der Waals surface area contributed by atoms with Gasteiger partial charge in [0.05, 0.1) is 11.6 Å². The molecule has 0 aliphatic carbocycles. The van der Waals surface area contributed by atoms with Crippen molar-refractivity contribution in [1.82, 2.24) is 10.3 Å². The SMILES string of the molecule is CCCNCc1cnc(SC(C)CO)c(C)c1. The summed E-state index contributed by atoms with van der Waals surface area (Å²) in [7, 11) is 0. The third-order valence-electron chi connectivity index (χ3n) is 2.41. The van der Waals surface area contributed by atoms with Crippen molar-refractivity contribution in [2.24, 2.45) is 0 Å². The van der Waals surface area contributed by atoms with Crippen molar-refractivity contribution < 1.29 is 5.11 Å². The van der Waals surface area contributed by atoms with E-state index in [-0.39, 0.29) is 11.9 Å².